The van der Waals surface area contributed by atoms with Gasteiger partial charge in [0.05, 0.1) is 6.10 Å². The van der Waals surface area contributed by atoms with Gasteiger partial charge in [-0.25, -0.2) is 0 Å². The Morgan fingerprint density at radius 3 is 2.34 bits per heavy atom. The third kappa shape index (κ3) is 2.94. The molecule has 0 radical (unpaired) electrons. The zero-order valence-electron chi connectivity index (χ0n) is 19.8. The first-order valence-corrected chi connectivity index (χ1v) is 11.9. The first-order chi connectivity index (χ1) is 13.4. The van der Waals surface area contributed by atoms with E-state index in [1.165, 1.54) is 25.7 Å². The van der Waals surface area contributed by atoms with Gasteiger partial charge in [0.1, 0.15) is 0 Å². The van der Waals surface area contributed by atoms with Crippen LogP contribution in [0.4, 0.5) is 0 Å². The van der Waals surface area contributed by atoms with Crippen LogP contribution in [-0.2, 0) is 0 Å². The van der Waals surface area contributed by atoms with Crippen LogP contribution in [0.15, 0.2) is 23.3 Å². The van der Waals surface area contributed by atoms with Gasteiger partial charge >= 0.3 is 0 Å². The number of allylic oxidation sites excluding steroid dienone is 4. The van der Waals surface area contributed by atoms with Crippen LogP contribution in [0, 0.1) is 34.0 Å². The highest BCUT2D eigenvalue weighted by atomic mass is 16.3. The van der Waals surface area contributed by atoms with Crippen LogP contribution in [0.1, 0.15) is 73.1 Å². The fourth-order valence-electron chi connectivity index (χ4n) is 8.69. The fraction of sp³-hybridized carbons (Fsp3) is 0.846. The Hall–Kier alpha value is -0.640. The summed E-state index contributed by atoms with van der Waals surface area (Å²) >= 11 is 0. The van der Waals surface area contributed by atoms with Gasteiger partial charge in [-0.05, 0) is 93.2 Å². The van der Waals surface area contributed by atoms with Gasteiger partial charge in [-0.1, -0.05) is 45.4 Å². The van der Waals surface area contributed by atoms with Gasteiger partial charge in [-0.2, -0.15) is 0 Å². The van der Waals surface area contributed by atoms with E-state index in [1.807, 2.05) is 0 Å². The number of fused-ring (bicyclic) bond motifs is 4. The van der Waals surface area contributed by atoms with Crippen LogP contribution >= 0.6 is 0 Å². The van der Waals surface area contributed by atoms with Crippen molar-refractivity contribution in [2.45, 2.75) is 91.3 Å². The van der Waals surface area contributed by atoms with Crippen molar-refractivity contribution in [2.75, 3.05) is 14.1 Å². The van der Waals surface area contributed by atoms with E-state index in [0.717, 1.165) is 12.8 Å². The molecule has 0 aromatic rings. The minimum absolute atomic E-state index is 0.0401. The zero-order chi connectivity index (χ0) is 21.4. The molecular formula is C26H44N2O. The van der Waals surface area contributed by atoms with Crippen LogP contribution in [0.2, 0.25) is 0 Å². The van der Waals surface area contributed by atoms with Gasteiger partial charge in [0.25, 0.3) is 0 Å². The third-order valence-electron chi connectivity index (χ3n) is 10.2. The molecule has 8 atom stereocenters. The van der Waals surface area contributed by atoms with Crippen molar-refractivity contribution >= 4 is 0 Å². The molecule has 164 valence electrons. The second kappa shape index (κ2) is 6.93. The van der Waals surface area contributed by atoms with Crippen molar-refractivity contribution in [3.63, 3.8) is 0 Å². The molecule has 3 unspecified atom stereocenters. The molecule has 4 aliphatic rings. The van der Waals surface area contributed by atoms with Crippen molar-refractivity contribution in [2.24, 2.45) is 39.7 Å². The van der Waals surface area contributed by atoms with Crippen molar-refractivity contribution in [1.82, 2.24) is 4.90 Å². The van der Waals surface area contributed by atoms with E-state index < -0.39 is 0 Å². The predicted octanol–water partition coefficient (Wildman–Crippen LogP) is 4.76. The Kier molecular flexibility index (Phi) is 5.16. The molecule has 4 rings (SSSR count). The molecule has 29 heavy (non-hydrogen) atoms. The number of rotatable bonds is 2. The Morgan fingerprint density at radius 1 is 1.07 bits per heavy atom. The highest BCUT2D eigenvalue weighted by molar-refractivity contribution is 5.37. The normalized spacial score (nSPS) is 47.4. The van der Waals surface area contributed by atoms with E-state index in [0.29, 0.717) is 23.3 Å². The lowest BCUT2D eigenvalue weighted by atomic mass is 9.51. The summed E-state index contributed by atoms with van der Waals surface area (Å²) in [5.41, 5.74) is 10.2. The molecule has 0 heterocycles. The lowest BCUT2D eigenvalue weighted by Crippen LogP contribution is -2.49. The first-order valence-electron chi connectivity index (χ1n) is 11.9. The molecule has 0 bridgehead atoms. The minimum atomic E-state index is -0.273. The minimum Gasteiger partial charge on any atom is -0.393 e. The lowest BCUT2D eigenvalue weighted by Gasteiger charge is -2.53. The summed E-state index contributed by atoms with van der Waals surface area (Å²) in [5.74, 6) is 1.41. The molecule has 3 N–H and O–H groups in total. The predicted molar refractivity (Wildman–Crippen MR) is 121 cm³/mol. The number of hydrogen-bond acceptors (Lipinski definition) is 3. The molecule has 2 fully saturated rings. The highest BCUT2D eigenvalue weighted by Crippen LogP contribution is 2.67. The van der Waals surface area contributed by atoms with Crippen molar-refractivity contribution in [3.05, 3.63) is 23.3 Å². The quantitative estimate of drug-likeness (QED) is 0.702. The van der Waals surface area contributed by atoms with Crippen LogP contribution in [0.3, 0.4) is 0 Å². The largest absolute Gasteiger partial charge is 0.393 e. The van der Waals surface area contributed by atoms with Gasteiger partial charge in [0.15, 0.2) is 0 Å². The van der Waals surface area contributed by atoms with Gasteiger partial charge in [-0.15, -0.1) is 0 Å². The van der Waals surface area contributed by atoms with Gasteiger partial charge in [0, 0.05) is 18.0 Å². The first kappa shape index (κ1) is 21.6. The molecular weight excluding hydrogens is 356 g/mol. The number of aliphatic hydroxyl groups is 1. The van der Waals surface area contributed by atoms with Crippen LogP contribution in [-0.4, -0.2) is 42.3 Å². The van der Waals surface area contributed by atoms with E-state index in [-0.39, 0.29) is 28.9 Å². The van der Waals surface area contributed by atoms with Crippen LogP contribution in [0.25, 0.3) is 0 Å². The van der Waals surface area contributed by atoms with Gasteiger partial charge in [-0.3, -0.25) is 0 Å². The van der Waals surface area contributed by atoms with Gasteiger partial charge < -0.3 is 15.7 Å². The molecule has 2 saturated carbocycles. The molecule has 0 aromatic heterocycles. The summed E-state index contributed by atoms with van der Waals surface area (Å²) in [4.78, 5) is 2.45. The average Bonchev–Trinajstić information content (AvgIpc) is 2.71. The topological polar surface area (TPSA) is 49.5 Å². The highest BCUT2D eigenvalue weighted by Gasteiger charge is 2.63. The number of nitrogens with two attached hydrogens (primary N) is 1. The maximum atomic E-state index is 11.0. The molecule has 4 aliphatic carbocycles. The standard InChI is InChI=1S/C26H44N2O/c1-16(27)23-21(29)15-26(5)20-10-9-19-17(14-18(20)12-13-25(23,26)4)8-11-22(28(6)7)24(19,2)3/h12,14,16,19-23,29H,8-11,13,15,27H2,1-7H3/t16-,19?,20-,21?,22+,23+,25-,26?/m0/s1. The molecule has 3 nitrogen and oxygen atoms in total. The lowest BCUT2D eigenvalue weighted by molar-refractivity contribution is -0.00379. The Balaban J connectivity index is 1.71. The molecule has 0 aromatic carbocycles. The van der Waals surface area contributed by atoms with E-state index in [2.05, 4.69) is 65.8 Å². The Bertz CT molecular complexity index is 720. The molecule has 0 spiro atoms. The fourth-order valence-corrected chi connectivity index (χ4v) is 8.69. The summed E-state index contributed by atoms with van der Waals surface area (Å²) < 4.78 is 0. The SMILES string of the molecule is C[C@H](N)[C@@H]1C(O)CC2(C)[C@H]3CCC4C(=CC3=CC[C@@]12C)CC[C@@H](N(C)C)C4(C)C. The summed E-state index contributed by atoms with van der Waals surface area (Å²) in [6, 6.07) is 0.689. The smallest absolute Gasteiger partial charge is 0.0594 e. The summed E-state index contributed by atoms with van der Waals surface area (Å²) in [6.07, 6.45) is 11.8. The maximum Gasteiger partial charge on any atom is 0.0594 e. The summed E-state index contributed by atoms with van der Waals surface area (Å²) in [7, 11) is 4.50. The van der Waals surface area contributed by atoms with E-state index in [1.54, 1.807) is 11.1 Å². The monoisotopic (exact) mass is 400 g/mol. The van der Waals surface area contributed by atoms with E-state index in [4.69, 9.17) is 5.73 Å². The number of aliphatic hydroxyl groups excluding tert-OH is 1. The van der Waals surface area contributed by atoms with E-state index >= 15 is 0 Å². The Labute approximate surface area is 178 Å². The Morgan fingerprint density at radius 2 is 1.72 bits per heavy atom. The molecule has 0 saturated heterocycles. The second-order valence-electron chi connectivity index (χ2n) is 12.1. The second-order valence-corrected chi connectivity index (χ2v) is 12.1. The summed E-state index contributed by atoms with van der Waals surface area (Å²) in [5, 5.41) is 11.0. The average molecular weight is 401 g/mol. The van der Waals surface area contributed by atoms with Gasteiger partial charge in [0.2, 0.25) is 0 Å². The third-order valence-corrected chi connectivity index (χ3v) is 10.2. The van der Waals surface area contributed by atoms with Crippen molar-refractivity contribution in [1.29, 1.82) is 0 Å². The van der Waals surface area contributed by atoms with E-state index in [9.17, 15) is 5.11 Å². The zero-order valence-corrected chi connectivity index (χ0v) is 19.8. The molecule has 3 heteroatoms. The molecule has 0 aliphatic heterocycles. The van der Waals surface area contributed by atoms with Crippen LogP contribution in [0.5, 0.6) is 0 Å². The molecule has 0 amide bonds. The van der Waals surface area contributed by atoms with Crippen molar-refractivity contribution < 1.29 is 5.11 Å². The number of nitrogens with zero attached hydrogens (tertiary/aromatic N) is 1. The number of hydrogen-bond donors (Lipinski definition) is 2. The summed E-state index contributed by atoms with van der Waals surface area (Å²) in [6.45, 7) is 12.0. The van der Waals surface area contributed by atoms with Crippen molar-refractivity contribution in [3.8, 4) is 0 Å². The van der Waals surface area contributed by atoms with Crippen LogP contribution < -0.4 is 5.73 Å². The maximum absolute atomic E-state index is 11.0.